The molecule has 2 aliphatic rings. The highest BCUT2D eigenvalue weighted by molar-refractivity contribution is 4.82. The smallest absolute Gasteiger partial charge is 0.292 e. The van der Waals surface area contributed by atoms with Gasteiger partial charge in [0.15, 0.2) is 0 Å². The van der Waals surface area contributed by atoms with Gasteiger partial charge in [0.1, 0.15) is 0 Å². The minimum Gasteiger partial charge on any atom is -0.292 e. The summed E-state index contributed by atoms with van der Waals surface area (Å²) in [6.45, 7) is 2.10. The third kappa shape index (κ3) is 7.33. The molecule has 0 aromatic heterocycles. The topological polar surface area (TPSA) is 9.23 Å². The largest absolute Gasteiger partial charge is 0.522 e. The summed E-state index contributed by atoms with van der Waals surface area (Å²) in [6, 6.07) is 0. The molecule has 0 amide bonds. The fourth-order valence-electron chi connectivity index (χ4n) is 4.92. The van der Waals surface area contributed by atoms with Gasteiger partial charge in [0.05, 0.1) is 6.61 Å². The van der Waals surface area contributed by atoms with Crippen LogP contribution in [0.1, 0.15) is 90.4 Å². The first-order chi connectivity index (χ1) is 11.5. The standard InChI is InChI=1S/C20H35F3O/c1-2-3-4-5-16-6-10-18(11-7-16)19-12-8-17(9-13-19)14-15-24-20(21,22)23/h16-19H,2-15H2,1H3. The zero-order valence-electron chi connectivity index (χ0n) is 15.3. The number of halogens is 3. The molecule has 4 heteroatoms. The molecule has 0 N–H and O–H groups in total. The first-order valence-corrected chi connectivity index (χ1v) is 10.2. The van der Waals surface area contributed by atoms with Gasteiger partial charge in [-0.05, 0) is 55.8 Å². The Hall–Kier alpha value is -0.250. The molecule has 2 fully saturated rings. The van der Waals surface area contributed by atoms with Gasteiger partial charge in [0, 0.05) is 0 Å². The molecule has 24 heavy (non-hydrogen) atoms. The molecular formula is C20H35F3O. The fraction of sp³-hybridized carbons (Fsp3) is 1.00. The van der Waals surface area contributed by atoms with Crippen LogP contribution in [0.15, 0.2) is 0 Å². The summed E-state index contributed by atoms with van der Waals surface area (Å²) >= 11 is 0. The Morgan fingerprint density at radius 1 is 0.750 bits per heavy atom. The van der Waals surface area contributed by atoms with E-state index in [0.29, 0.717) is 12.3 Å². The molecule has 0 aromatic rings. The molecule has 0 bridgehead atoms. The van der Waals surface area contributed by atoms with Gasteiger partial charge in [-0.3, -0.25) is 4.74 Å². The third-order valence-corrected chi connectivity index (χ3v) is 6.46. The van der Waals surface area contributed by atoms with Crippen molar-refractivity contribution in [3.63, 3.8) is 0 Å². The van der Waals surface area contributed by atoms with E-state index in [2.05, 4.69) is 11.7 Å². The van der Waals surface area contributed by atoms with E-state index in [4.69, 9.17) is 0 Å². The first-order valence-electron chi connectivity index (χ1n) is 10.2. The average Bonchev–Trinajstić information content (AvgIpc) is 2.55. The number of hydrogen-bond acceptors (Lipinski definition) is 1. The van der Waals surface area contributed by atoms with Crippen molar-refractivity contribution in [1.29, 1.82) is 0 Å². The number of hydrogen-bond donors (Lipinski definition) is 0. The molecule has 1 nitrogen and oxygen atoms in total. The Kier molecular flexibility index (Phi) is 8.39. The molecule has 2 saturated carbocycles. The van der Waals surface area contributed by atoms with Crippen LogP contribution in [0.4, 0.5) is 13.2 Å². The molecule has 2 rings (SSSR count). The number of ether oxygens (including phenoxy) is 1. The summed E-state index contributed by atoms with van der Waals surface area (Å²) in [4.78, 5) is 0. The van der Waals surface area contributed by atoms with Crippen LogP contribution in [0, 0.1) is 23.7 Å². The molecule has 0 saturated heterocycles. The quantitative estimate of drug-likeness (QED) is 0.425. The average molecular weight is 348 g/mol. The molecule has 0 heterocycles. The van der Waals surface area contributed by atoms with E-state index in [9.17, 15) is 13.2 Å². The number of alkyl halides is 3. The van der Waals surface area contributed by atoms with E-state index >= 15 is 0 Å². The monoisotopic (exact) mass is 348 g/mol. The maximum Gasteiger partial charge on any atom is 0.522 e. The maximum atomic E-state index is 12.0. The van der Waals surface area contributed by atoms with Gasteiger partial charge in [0.2, 0.25) is 0 Å². The molecule has 2 aliphatic carbocycles. The lowest BCUT2D eigenvalue weighted by Crippen LogP contribution is -2.26. The first kappa shape index (κ1) is 20.1. The van der Waals surface area contributed by atoms with Crippen LogP contribution in [-0.4, -0.2) is 13.0 Å². The molecular weight excluding hydrogens is 313 g/mol. The Morgan fingerprint density at radius 3 is 1.71 bits per heavy atom. The summed E-state index contributed by atoms with van der Waals surface area (Å²) in [5.41, 5.74) is 0. The van der Waals surface area contributed by atoms with Crippen LogP contribution in [0.2, 0.25) is 0 Å². The van der Waals surface area contributed by atoms with Crippen LogP contribution in [0.25, 0.3) is 0 Å². The second kappa shape index (κ2) is 10.0. The minimum atomic E-state index is -4.47. The Morgan fingerprint density at radius 2 is 1.25 bits per heavy atom. The van der Waals surface area contributed by atoms with Crippen LogP contribution in [0.5, 0.6) is 0 Å². The van der Waals surface area contributed by atoms with E-state index < -0.39 is 6.36 Å². The molecule has 0 aliphatic heterocycles. The van der Waals surface area contributed by atoms with Crippen molar-refractivity contribution < 1.29 is 17.9 Å². The molecule has 0 radical (unpaired) electrons. The lowest BCUT2D eigenvalue weighted by atomic mass is 9.68. The van der Waals surface area contributed by atoms with E-state index in [-0.39, 0.29) is 6.61 Å². The van der Waals surface area contributed by atoms with E-state index in [1.165, 1.54) is 64.2 Å². The second-order valence-corrected chi connectivity index (χ2v) is 8.14. The van der Waals surface area contributed by atoms with Crippen LogP contribution in [-0.2, 0) is 4.74 Å². The van der Waals surface area contributed by atoms with Crippen molar-refractivity contribution >= 4 is 0 Å². The highest BCUT2D eigenvalue weighted by Crippen LogP contribution is 2.42. The van der Waals surface area contributed by atoms with E-state index in [1.54, 1.807) is 0 Å². The molecule has 0 atom stereocenters. The predicted octanol–water partition coefficient (Wildman–Crippen LogP) is 7.11. The lowest BCUT2D eigenvalue weighted by molar-refractivity contribution is -0.325. The normalized spacial score (nSPS) is 32.0. The van der Waals surface area contributed by atoms with Crippen LogP contribution in [0.3, 0.4) is 0 Å². The highest BCUT2D eigenvalue weighted by Gasteiger charge is 2.32. The minimum absolute atomic E-state index is 0.165. The Labute approximate surface area is 145 Å². The third-order valence-electron chi connectivity index (χ3n) is 6.46. The van der Waals surface area contributed by atoms with Gasteiger partial charge in [-0.25, -0.2) is 0 Å². The zero-order chi connectivity index (χ0) is 17.4. The van der Waals surface area contributed by atoms with Gasteiger partial charge < -0.3 is 0 Å². The summed E-state index contributed by atoms with van der Waals surface area (Å²) in [7, 11) is 0. The highest BCUT2D eigenvalue weighted by atomic mass is 19.4. The molecule has 142 valence electrons. The number of rotatable bonds is 8. The molecule has 0 unspecified atom stereocenters. The van der Waals surface area contributed by atoms with Gasteiger partial charge in [-0.1, -0.05) is 58.3 Å². The zero-order valence-corrected chi connectivity index (χ0v) is 15.3. The maximum absolute atomic E-state index is 12.0. The SMILES string of the molecule is CCCCCC1CCC(C2CCC(CCOC(F)(F)F)CC2)CC1. The summed E-state index contributed by atoms with van der Waals surface area (Å²) in [6.07, 6.45) is 11.9. The Balaban J connectivity index is 1.58. The van der Waals surface area contributed by atoms with Gasteiger partial charge >= 0.3 is 6.36 Å². The number of unbranched alkanes of at least 4 members (excludes halogenated alkanes) is 2. The fourth-order valence-corrected chi connectivity index (χ4v) is 4.92. The van der Waals surface area contributed by atoms with Crippen LogP contribution >= 0.6 is 0 Å². The van der Waals surface area contributed by atoms with Crippen molar-refractivity contribution in [3.05, 3.63) is 0 Å². The van der Waals surface area contributed by atoms with Gasteiger partial charge in [-0.15, -0.1) is 13.2 Å². The van der Waals surface area contributed by atoms with E-state index in [1.807, 2.05) is 0 Å². The molecule has 0 spiro atoms. The van der Waals surface area contributed by atoms with Crippen molar-refractivity contribution in [1.82, 2.24) is 0 Å². The van der Waals surface area contributed by atoms with Crippen molar-refractivity contribution in [2.75, 3.05) is 6.61 Å². The second-order valence-electron chi connectivity index (χ2n) is 8.14. The lowest BCUT2D eigenvalue weighted by Gasteiger charge is -2.38. The van der Waals surface area contributed by atoms with E-state index in [0.717, 1.165) is 30.6 Å². The Bertz CT molecular complexity index is 326. The van der Waals surface area contributed by atoms with Crippen molar-refractivity contribution in [3.8, 4) is 0 Å². The summed E-state index contributed by atoms with van der Waals surface area (Å²) < 4.78 is 40.0. The molecule has 0 aromatic carbocycles. The van der Waals surface area contributed by atoms with Gasteiger partial charge in [0.25, 0.3) is 0 Å². The summed E-state index contributed by atoms with van der Waals surface area (Å²) in [5, 5.41) is 0. The predicted molar refractivity (Wildman–Crippen MR) is 91.7 cm³/mol. The summed E-state index contributed by atoms with van der Waals surface area (Å²) in [5.74, 6) is 3.12. The van der Waals surface area contributed by atoms with Crippen molar-refractivity contribution in [2.24, 2.45) is 23.7 Å². The van der Waals surface area contributed by atoms with Crippen molar-refractivity contribution in [2.45, 2.75) is 96.8 Å². The van der Waals surface area contributed by atoms with Gasteiger partial charge in [-0.2, -0.15) is 0 Å². The van der Waals surface area contributed by atoms with Crippen LogP contribution < -0.4 is 0 Å².